The molecule has 4 heteroatoms. The van der Waals surface area contributed by atoms with Crippen LogP contribution in [0.25, 0.3) is 0 Å². The van der Waals surface area contributed by atoms with Crippen LogP contribution in [-0.2, 0) is 9.47 Å². The summed E-state index contributed by atoms with van der Waals surface area (Å²) in [5, 5.41) is 3.83. The first-order valence-electron chi connectivity index (χ1n) is 8.65. The topological polar surface area (TPSA) is 33.7 Å². The van der Waals surface area contributed by atoms with Crippen molar-refractivity contribution in [3.8, 4) is 0 Å². The molecule has 0 aromatic rings. The predicted molar refractivity (Wildman–Crippen MR) is 88.8 cm³/mol. The van der Waals surface area contributed by atoms with Crippen LogP contribution >= 0.6 is 0 Å². The van der Waals surface area contributed by atoms with Crippen molar-refractivity contribution >= 4 is 0 Å². The second-order valence-electron chi connectivity index (χ2n) is 6.50. The van der Waals surface area contributed by atoms with Crippen LogP contribution in [0.1, 0.15) is 47.0 Å². The van der Waals surface area contributed by atoms with Gasteiger partial charge in [-0.1, -0.05) is 20.8 Å². The molecule has 0 spiro atoms. The highest BCUT2D eigenvalue weighted by atomic mass is 16.5. The lowest BCUT2D eigenvalue weighted by atomic mass is 9.78. The number of rotatable bonds is 10. The number of hydrogen-bond donors (Lipinski definition) is 1. The molecule has 4 nitrogen and oxygen atoms in total. The second kappa shape index (κ2) is 9.78. The lowest BCUT2D eigenvalue weighted by Crippen LogP contribution is -2.63. The molecule has 1 fully saturated rings. The van der Waals surface area contributed by atoms with Gasteiger partial charge in [0.25, 0.3) is 0 Å². The van der Waals surface area contributed by atoms with Crippen molar-refractivity contribution < 1.29 is 9.47 Å². The Labute approximate surface area is 131 Å². The van der Waals surface area contributed by atoms with Gasteiger partial charge in [0.1, 0.15) is 0 Å². The van der Waals surface area contributed by atoms with Gasteiger partial charge in [0.15, 0.2) is 0 Å². The number of methoxy groups -OCH3 is 1. The summed E-state index contributed by atoms with van der Waals surface area (Å²) in [4.78, 5) is 2.63. The van der Waals surface area contributed by atoms with Crippen LogP contribution in [0.5, 0.6) is 0 Å². The summed E-state index contributed by atoms with van der Waals surface area (Å²) in [5.74, 6) is 0.601. The zero-order valence-corrected chi connectivity index (χ0v) is 14.8. The van der Waals surface area contributed by atoms with E-state index in [1.165, 1.54) is 6.42 Å². The Bertz CT molecular complexity index is 270. The smallest absolute Gasteiger partial charge is 0.0594 e. The number of morpholine rings is 1. The molecule has 0 aromatic heterocycles. The molecular formula is C17H36N2O2. The van der Waals surface area contributed by atoms with Crippen molar-refractivity contribution in [2.45, 2.75) is 58.5 Å². The molecule has 3 atom stereocenters. The summed E-state index contributed by atoms with van der Waals surface area (Å²) in [6, 6.07) is 0.496. The fraction of sp³-hybridized carbons (Fsp3) is 1.00. The fourth-order valence-electron chi connectivity index (χ4n) is 3.52. The maximum atomic E-state index is 5.54. The molecule has 1 aliphatic heterocycles. The summed E-state index contributed by atoms with van der Waals surface area (Å²) in [6.07, 6.45) is 3.44. The highest BCUT2D eigenvalue weighted by molar-refractivity contribution is 4.99. The zero-order chi connectivity index (χ0) is 15.7. The van der Waals surface area contributed by atoms with E-state index >= 15 is 0 Å². The average Bonchev–Trinajstić information content (AvgIpc) is 2.53. The average molecular weight is 300 g/mol. The van der Waals surface area contributed by atoms with E-state index < -0.39 is 0 Å². The van der Waals surface area contributed by atoms with Crippen LogP contribution in [0.4, 0.5) is 0 Å². The SMILES string of the molecule is CCCNC(C(C)CCOC)C(C)(CC)N1CCOCC1. The fourth-order valence-corrected chi connectivity index (χ4v) is 3.52. The molecule has 1 rings (SSSR count). The number of ether oxygens (including phenoxy) is 2. The Morgan fingerprint density at radius 2 is 1.95 bits per heavy atom. The van der Waals surface area contributed by atoms with Gasteiger partial charge in [-0.25, -0.2) is 0 Å². The molecule has 0 radical (unpaired) electrons. The molecule has 1 N–H and O–H groups in total. The van der Waals surface area contributed by atoms with Gasteiger partial charge >= 0.3 is 0 Å². The van der Waals surface area contributed by atoms with Crippen molar-refractivity contribution in [2.24, 2.45) is 5.92 Å². The lowest BCUT2D eigenvalue weighted by molar-refractivity contribution is -0.0416. The molecule has 1 aliphatic rings. The maximum absolute atomic E-state index is 5.54. The van der Waals surface area contributed by atoms with E-state index in [9.17, 15) is 0 Å². The van der Waals surface area contributed by atoms with E-state index in [1.54, 1.807) is 7.11 Å². The number of nitrogens with zero attached hydrogens (tertiary/aromatic N) is 1. The molecule has 1 saturated heterocycles. The second-order valence-corrected chi connectivity index (χ2v) is 6.50. The molecule has 0 saturated carbocycles. The summed E-state index contributed by atoms with van der Waals surface area (Å²) >= 11 is 0. The standard InChI is InChI=1S/C17H36N2O2/c1-6-9-18-16(15(3)8-12-20-5)17(4,7-2)19-10-13-21-14-11-19/h15-16,18H,6-14H2,1-5H3. The van der Waals surface area contributed by atoms with Crippen molar-refractivity contribution in [2.75, 3.05) is 46.6 Å². The van der Waals surface area contributed by atoms with Gasteiger partial charge in [0.05, 0.1) is 13.2 Å². The molecule has 0 bridgehead atoms. The van der Waals surface area contributed by atoms with Gasteiger partial charge in [0.2, 0.25) is 0 Å². The molecule has 1 heterocycles. The van der Waals surface area contributed by atoms with E-state index in [0.29, 0.717) is 12.0 Å². The number of hydrogen-bond acceptors (Lipinski definition) is 4. The van der Waals surface area contributed by atoms with Crippen molar-refractivity contribution in [1.82, 2.24) is 10.2 Å². The highest BCUT2D eigenvalue weighted by Gasteiger charge is 2.40. The van der Waals surface area contributed by atoms with Gasteiger partial charge in [-0.2, -0.15) is 0 Å². The Kier molecular flexibility index (Phi) is 8.79. The normalized spacial score (nSPS) is 22.7. The number of nitrogens with one attached hydrogen (secondary N) is 1. The molecule has 0 aliphatic carbocycles. The quantitative estimate of drug-likeness (QED) is 0.672. The van der Waals surface area contributed by atoms with Crippen LogP contribution in [0, 0.1) is 5.92 Å². The first kappa shape index (κ1) is 18.9. The van der Waals surface area contributed by atoms with Crippen molar-refractivity contribution in [3.05, 3.63) is 0 Å². The third-order valence-electron chi connectivity index (χ3n) is 5.08. The highest BCUT2D eigenvalue weighted by Crippen LogP contribution is 2.30. The Balaban J connectivity index is 2.83. The zero-order valence-electron chi connectivity index (χ0n) is 14.8. The molecule has 126 valence electrons. The first-order chi connectivity index (χ1) is 10.1. The van der Waals surface area contributed by atoms with Gasteiger partial charge in [-0.3, -0.25) is 4.90 Å². The third-order valence-corrected chi connectivity index (χ3v) is 5.08. The molecule has 21 heavy (non-hydrogen) atoms. The molecule has 0 amide bonds. The van der Waals surface area contributed by atoms with E-state index in [-0.39, 0.29) is 5.54 Å². The minimum absolute atomic E-state index is 0.187. The van der Waals surface area contributed by atoms with E-state index in [0.717, 1.165) is 52.3 Å². The van der Waals surface area contributed by atoms with Crippen LogP contribution in [0.2, 0.25) is 0 Å². The van der Waals surface area contributed by atoms with E-state index in [1.807, 2.05) is 0 Å². The largest absolute Gasteiger partial charge is 0.385 e. The van der Waals surface area contributed by atoms with Gasteiger partial charge < -0.3 is 14.8 Å². The van der Waals surface area contributed by atoms with E-state index in [2.05, 4.69) is 37.9 Å². The summed E-state index contributed by atoms with van der Waals surface area (Å²) in [6.45, 7) is 15.1. The van der Waals surface area contributed by atoms with Gasteiger partial charge in [0, 0.05) is 38.4 Å². The molecule has 3 unspecified atom stereocenters. The summed E-state index contributed by atoms with van der Waals surface area (Å²) < 4.78 is 10.8. The van der Waals surface area contributed by atoms with Crippen molar-refractivity contribution in [3.63, 3.8) is 0 Å². The van der Waals surface area contributed by atoms with Gasteiger partial charge in [-0.15, -0.1) is 0 Å². The monoisotopic (exact) mass is 300 g/mol. The minimum Gasteiger partial charge on any atom is -0.385 e. The Hall–Kier alpha value is -0.160. The first-order valence-corrected chi connectivity index (χ1v) is 8.65. The van der Waals surface area contributed by atoms with Crippen LogP contribution in [0.3, 0.4) is 0 Å². The Morgan fingerprint density at radius 3 is 2.48 bits per heavy atom. The summed E-state index contributed by atoms with van der Waals surface area (Å²) in [5.41, 5.74) is 0.187. The minimum atomic E-state index is 0.187. The third kappa shape index (κ3) is 5.20. The maximum Gasteiger partial charge on any atom is 0.0594 e. The van der Waals surface area contributed by atoms with Crippen LogP contribution in [0.15, 0.2) is 0 Å². The Morgan fingerprint density at radius 1 is 1.29 bits per heavy atom. The predicted octanol–water partition coefficient (Wildman–Crippen LogP) is 2.53. The lowest BCUT2D eigenvalue weighted by Gasteiger charge is -2.50. The van der Waals surface area contributed by atoms with Crippen LogP contribution < -0.4 is 5.32 Å². The van der Waals surface area contributed by atoms with Crippen LogP contribution in [-0.4, -0.2) is 63.0 Å². The molecule has 0 aromatic carbocycles. The molecular weight excluding hydrogens is 264 g/mol. The van der Waals surface area contributed by atoms with Crippen molar-refractivity contribution in [1.29, 1.82) is 0 Å². The summed E-state index contributed by atoms with van der Waals surface area (Å²) in [7, 11) is 1.79. The van der Waals surface area contributed by atoms with Gasteiger partial charge in [-0.05, 0) is 38.6 Å². The van der Waals surface area contributed by atoms with E-state index in [4.69, 9.17) is 9.47 Å².